The number of piperidine rings is 1. The molecule has 0 radical (unpaired) electrons. The fourth-order valence-electron chi connectivity index (χ4n) is 3.01. The quantitative estimate of drug-likeness (QED) is 0.557. The Labute approximate surface area is 175 Å². The van der Waals surface area contributed by atoms with Crippen molar-refractivity contribution >= 4 is 39.8 Å². The van der Waals surface area contributed by atoms with Crippen LogP contribution in [0.4, 0.5) is 0 Å². The van der Waals surface area contributed by atoms with Crippen LogP contribution in [0.25, 0.3) is 6.08 Å². The zero-order valence-electron chi connectivity index (χ0n) is 15.8. The molecule has 1 amide bonds. The highest BCUT2D eigenvalue weighted by atomic mass is 35.5. The van der Waals surface area contributed by atoms with E-state index in [0.29, 0.717) is 18.1 Å². The Bertz CT molecular complexity index is 1010. The van der Waals surface area contributed by atoms with Crippen LogP contribution >= 0.6 is 11.6 Å². The number of hydrazone groups is 1. The number of hydrogen-bond acceptors (Lipinski definition) is 4. The Kier molecular flexibility index (Phi) is 7.19. The third kappa shape index (κ3) is 5.76. The van der Waals surface area contributed by atoms with Crippen LogP contribution in [0.15, 0.2) is 69.6 Å². The van der Waals surface area contributed by atoms with Gasteiger partial charge >= 0.3 is 0 Å². The van der Waals surface area contributed by atoms with Gasteiger partial charge in [-0.25, -0.2) is 13.8 Å². The molecule has 0 unspecified atom stereocenters. The van der Waals surface area contributed by atoms with E-state index in [1.807, 2.05) is 30.3 Å². The summed E-state index contributed by atoms with van der Waals surface area (Å²) in [6.07, 6.45) is 5.77. The van der Waals surface area contributed by atoms with Gasteiger partial charge in [0.2, 0.25) is 10.0 Å². The van der Waals surface area contributed by atoms with Crippen LogP contribution in [-0.2, 0) is 10.0 Å². The molecule has 0 bridgehead atoms. The molecule has 1 fully saturated rings. The zero-order chi connectivity index (χ0) is 20.7. The highest BCUT2D eigenvalue weighted by molar-refractivity contribution is 7.89. The molecule has 0 aliphatic carbocycles. The number of benzene rings is 2. The van der Waals surface area contributed by atoms with E-state index in [-0.39, 0.29) is 10.5 Å². The number of amides is 1. The second-order valence-corrected chi connectivity index (χ2v) is 9.01. The van der Waals surface area contributed by atoms with E-state index >= 15 is 0 Å². The lowest BCUT2D eigenvalue weighted by Crippen LogP contribution is -2.35. The van der Waals surface area contributed by atoms with Crippen molar-refractivity contribution in [1.29, 1.82) is 0 Å². The van der Waals surface area contributed by atoms with Gasteiger partial charge in [-0.3, -0.25) is 4.79 Å². The maximum atomic E-state index is 12.8. The first kappa shape index (κ1) is 21.2. The van der Waals surface area contributed by atoms with Crippen molar-refractivity contribution in [2.24, 2.45) is 5.10 Å². The molecular formula is C21H22ClN3O3S. The maximum absolute atomic E-state index is 12.8. The number of carbonyl (C=O) groups excluding carboxylic acids is 1. The standard InChI is InChI=1S/C21H22ClN3O3S/c22-19(14-17-8-3-1-4-9-17)16-23-24-21(26)18-10-7-11-20(15-18)29(27,28)25-12-5-2-6-13-25/h1,3-4,7-11,14-16H,2,5-6,12-13H2,(H,24,26)/b19-14-,23-16-. The first-order chi connectivity index (χ1) is 14.0. The van der Waals surface area contributed by atoms with Gasteiger partial charge in [-0.2, -0.15) is 9.41 Å². The Morgan fingerprint density at radius 3 is 2.48 bits per heavy atom. The van der Waals surface area contributed by atoms with E-state index in [2.05, 4.69) is 10.5 Å². The minimum atomic E-state index is -3.60. The van der Waals surface area contributed by atoms with Crippen molar-refractivity contribution in [1.82, 2.24) is 9.73 Å². The number of sulfonamides is 1. The summed E-state index contributed by atoms with van der Waals surface area (Å²) in [7, 11) is -3.60. The second-order valence-electron chi connectivity index (χ2n) is 6.63. The van der Waals surface area contributed by atoms with E-state index in [1.165, 1.54) is 22.7 Å². The van der Waals surface area contributed by atoms with Crippen molar-refractivity contribution in [3.63, 3.8) is 0 Å². The Hall–Kier alpha value is -2.48. The number of allylic oxidation sites excluding steroid dienone is 1. The van der Waals surface area contributed by atoms with Crippen LogP contribution in [-0.4, -0.2) is 37.9 Å². The van der Waals surface area contributed by atoms with Gasteiger partial charge in [0, 0.05) is 18.7 Å². The molecule has 6 nitrogen and oxygen atoms in total. The van der Waals surface area contributed by atoms with Gasteiger partial charge in [0.05, 0.1) is 16.1 Å². The lowest BCUT2D eigenvalue weighted by atomic mass is 10.2. The Morgan fingerprint density at radius 1 is 1.03 bits per heavy atom. The maximum Gasteiger partial charge on any atom is 0.271 e. The predicted molar refractivity (Wildman–Crippen MR) is 115 cm³/mol. The predicted octanol–water partition coefficient (Wildman–Crippen LogP) is 3.86. The Balaban J connectivity index is 1.67. The molecule has 152 valence electrons. The molecular weight excluding hydrogens is 410 g/mol. The van der Waals surface area contributed by atoms with E-state index in [4.69, 9.17) is 11.6 Å². The third-order valence-electron chi connectivity index (χ3n) is 4.51. The third-order valence-corrected chi connectivity index (χ3v) is 6.61. The van der Waals surface area contributed by atoms with Crippen molar-refractivity contribution < 1.29 is 13.2 Å². The average molecular weight is 432 g/mol. The van der Waals surface area contributed by atoms with Crippen LogP contribution in [0.2, 0.25) is 0 Å². The monoisotopic (exact) mass is 431 g/mol. The summed E-state index contributed by atoms with van der Waals surface area (Å²) in [6, 6.07) is 15.4. The van der Waals surface area contributed by atoms with Crippen molar-refractivity contribution in [3.8, 4) is 0 Å². The summed E-state index contributed by atoms with van der Waals surface area (Å²) in [5.41, 5.74) is 3.49. The lowest BCUT2D eigenvalue weighted by molar-refractivity contribution is 0.0955. The molecule has 0 aromatic heterocycles. The van der Waals surface area contributed by atoms with Crippen molar-refractivity contribution in [2.75, 3.05) is 13.1 Å². The number of nitrogens with one attached hydrogen (secondary N) is 1. The fraction of sp³-hybridized carbons (Fsp3) is 0.238. The van der Waals surface area contributed by atoms with Crippen LogP contribution in [0.3, 0.4) is 0 Å². The van der Waals surface area contributed by atoms with Gasteiger partial charge in [-0.1, -0.05) is 54.4 Å². The molecule has 1 heterocycles. The van der Waals surface area contributed by atoms with Crippen LogP contribution in [0.5, 0.6) is 0 Å². The second kappa shape index (κ2) is 9.82. The molecule has 1 aliphatic rings. The van der Waals surface area contributed by atoms with E-state index in [1.54, 1.807) is 18.2 Å². The lowest BCUT2D eigenvalue weighted by Gasteiger charge is -2.25. The molecule has 1 saturated heterocycles. The summed E-state index contributed by atoms with van der Waals surface area (Å²) in [6.45, 7) is 1.02. The molecule has 2 aromatic carbocycles. The van der Waals surface area contributed by atoms with Gasteiger partial charge in [0.15, 0.2) is 0 Å². The Morgan fingerprint density at radius 2 is 1.76 bits per heavy atom. The van der Waals surface area contributed by atoms with Crippen LogP contribution < -0.4 is 5.43 Å². The van der Waals surface area contributed by atoms with E-state index in [0.717, 1.165) is 24.8 Å². The molecule has 1 N–H and O–H groups in total. The SMILES string of the molecule is O=C(N/N=C\C(Cl)=C\c1ccccc1)c1cccc(S(=O)(=O)N2CCCCC2)c1. The number of halogens is 1. The van der Waals surface area contributed by atoms with Crippen LogP contribution in [0, 0.1) is 0 Å². The summed E-state index contributed by atoms with van der Waals surface area (Å²) in [5, 5.41) is 4.19. The average Bonchev–Trinajstić information content (AvgIpc) is 2.75. The zero-order valence-corrected chi connectivity index (χ0v) is 17.4. The van der Waals surface area contributed by atoms with Gasteiger partial charge in [0.1, 0.15) is 0 Å². The fourth-order valence-corrected chi connectivity index (χ4v) is 4.75. The van der Waals surface area contributed by atoms with Gasteiger partial charge < -0.3 is 0 Å². The van der Waals surface area contributed by atoms with Gasteiger partial charge in [-0.15, -0.1) is 0 Å². The molecule has 0 atom stereocenters. The number of nitrogens with zero attached hydrogens (tertiary/aromatic N) is 2. The highest BCUT2D eigenvalue weighted by Crippen LogP contribution is 2.21. The first-order valence-corrected chi connectivity index (χ1v) is 11.1. The molecule has 0 saturated carbocycles. The topological polar surface area (TPSA) is 78.8 Å². The van der Waals surface area contributed by atoms with Crippen LogP contribution in [0.1, 0.15) is 35.2 Å². The molecule has 8 heteroatoms. The molecule has 2 aromatic rings. The van der Waals surface area contributed by atoms with Gasteiger partial charge in [0.25, 0.3) is 5.91 Å². The first-order valence-electron chi connectivity index (χ1n) is 9.33. The molecule has 0 spiro atoms. The number of carbonyl (C=O) groups is 1. The van der Waals surface area contributed by atoms with Crippen molar-refractivity contribution in [3.05, 3.63) is 70.8 Å². The largest absolute Gasteiger partial charge is 0.271 e. The molecule has 1 aliphatic heterocycles. The van der Waals surface area contributed by atoms with E-state index in [9.17, 15) is 13.2 Å². The minimum absolute atomic E-state index is 0.109. The smallest absolute Gasteiger partial charge is 0.267 e. The highest BCUT2D eigenvalue weighted by Gasteiger charge is 2.26. The normalized spacial score (nSPS) is 16.1. The van der Waals surface area contributed by atoms with Gasteiger partial charge in [-0.05, 0) is 42.7 Å². The molecule has 3 rings (SSSR count). The summed E-state index contributed by atoms with van der Waals surface area (Å²) >= 11 is 6.09. The number of hydrogen-bond donors (Lipinski definition) is 1. The molecule has 29 heavy (non-hydrogen) atoms. The minimum Gasteiger partial charge on any atom is -0.267 e. The summed E-state index contributed by atoms with van der Waals surface area (Å²) in [4.78, 5) is 12.5. The van der Waals surface area contributed by atoms with Crippen molar-refractivity contribution in [2.45, 2.75) is 24.2 Å². The number of rotatable bonds is 6. The van der Waals surface area contributed by atoms with E-state index < -0.39 is 15.9 Å². The summed E-state index contributed by atoms with van der Waals surface area (Å²) < 4.78 is 27.0. The summed E-state index contributed by atoms with van der Waals surface area (Å²) in [5.74, 6) is -0.513.